The zero-order valence-corrected chi connectivity index (χ0v) is 13.3. The van der Waals surface area contributed by atoms with Crippen molar-refractivity contribution < 1.29 is 9.53 Å². The molecular formula is C16H27N3O2. The van der Waals surface area contributed by atoms with Gasteiger partial charge in [0.05, 0.1) is 5.69 Å². The summed E-state index contributed by atoms with van der Waals surface area (Å²) in [5, 5.41) is 2.91. The first-order valence-electron chi connectivity index (χ1n) is 7.49. The molecule has 0 saturated heterocycles. The highest BCUT2D eigenvalue weighted by Crippen LogP contribution is 2.22. The molecule has 1 aromatic carbocycles. The average Bonchev–Trinajstić information content (AvgIpc) is 2.45. The standard InChI is InChI=1S/C16H27N3O2/c1-4-5-6-9-18-16(20)13-7-8-14(17)15(12-13)21-11-10-19(2)3/h7-8,12H,4-6,9-11,17H2,1-3H3,(H,18,20). The number of amides is 1. The number of carbonyl (C=O) groups excluding carboxylic acids is 1. The molecule has 0 aliphatic rings. The first-order chi connectivity index (χ1) is 10.0. The number of unbranched alkanes of at least 4 members (excludes halogenated alkanes) is 2. The fourth-order valence-corrected chi connectivity index (χ4v) is 1.82. The van der Waals surface area contributed by atoms with Crippen molar-refractivity contribution in [1.29, 1.82) is 0 Å². The summed E-state index contributed by atoms with van der Waals surface area (Å²) in [6.45, 7) is 4.18. The molecule has 0 radical (unpaired) electrons. The third-order valence-corrected chi connectivity index (χ3v) is 3.14. The van der Waals surface area contributed by atoms with Gasteiger partial charge in [0.25, 0.3) is 5.91 Å². The summed E-state index contributed by atoms with van der Waals surface area (Å²) < 4.78 is 5.63. The number of nitrogens with zero attached hydrogens (tertiary/aromatic N) is 1. The van der Waals surface area contributed by atoms with E-state index in [4.69, 9.17) is 10.5 Å². The van der Waals surface area contributed by atoms with Crippen LogP contribution in [0.3, 0.4) is 0 Å². The summed E-state index contributed by atoms with van der Waals surface area (Å²) in [5.41, 5.74) is 7.01. The number of nitrogens with one attached hydrogen (secondary N) is 1. The Morgan fingerprint density at radius 1 is 1.33 bits per heavy atom. The van der Waals surface area contributed by atoms with Gasteiger partial charge >= 0.3 is 0 Å². The van der Waals surface area contributed by atoms with Gasteiger partial charge in [-0.15, -0.1) is 0 Å². The van der Waals surface area contributed by atoms with Gasteiger partial charge in [-0.1, -0.05) is 19.8 Å². The Bertz CT molecular complexity index is 447. The van der Waals surface area contributed by atoms with Crippen molar-refractivity contribution in [3.05, 3.63) is 23.8 Å². The van der Waals surface area contributed by atoms with Crippen LogP contribution in [-0.4, -0.2) is 44.6 Å². The third-order valence-electron chi connectivity index (χ3n) is 3.14. The van der Waals surface area contributed by atoms with Crippen molar-refractivity contribution in [1.82, 2.24) is 10.2 Å². The van der Waals surface area contributed by atoms with Gasteiger partial charge < -0.3 is 20.7 Å². The summed E-state index contributed by atoms with van der Waals surface area (Å²) in [6.07, 6.45) is 3.27. The summed E-state index contributed by atoms with van der Waals surface area (Å²) >= 11 is 0. The number of hydrogen-bond donors (Lipinski definition) is 2. The minimum Gasteiger partial charge on any atom is -0.490 e. The summed E-state index contributed by atoms with van der Waals surface area (Å²) in [6, 6.07) is 5.15. The molecule has 0 saturated carbocycles. The molecule has 0 atom stereocenters. The molecule has 21 heavy (non-hydrogen) atoms. The largest absolute Gasteiger partial charge is 0.490 e. The number of hydrogen-bond acceptors (Lipinski definition) is 4. The molecular weight excluding hydrogens is 266 g/mol. The van der Waals surface area contributed by atoms with E-state index in [1.165, 1.54) is 0 Å². The van der Waals surface area contributed by atoms with Gasteiger partial charge in [0.2, 0.25) is 0 Å². The molecule has 0 fully saturated rings. The van der Waals surface area contributed by atoms with E-state index in [9.17, 15) is 4.79 Å². The molecule has 5 heteroatoms. The molecule has 0 aromatic heterocycles. The van der Waals surface area contributed by atoms with Crippen LogP contribution >= 0.6 is 0 Å². The van der Waals surface area contributed by atoms with Gasteiger partial charge in [-0.3, -0.25) is 4.79 Å². The van der Waals surface area contributed by atoms with Crippen LogP contribution in [0.1, 0.15) is 36.5 Å². The Kier molecular flexibility index (Phi) is 7.61. The monoisotopic (exact) mass is 293 g/mol. The van der Waals surface area contributed by atoms with Crippen molar-refractivity contribution in [2.45, 2.75) is 26.2 Å². The van der Waals surface area contributed by atoms with Gasteiger partial charge in [-0.25, -0.2) is 0 Å². The fourth-order valence-electron chi connectivity index (χ4n) is 1.82. The van der Waals surface area contributed by atoms with Crippen LogP contribution in [0.5, 0.6) is 5.75 Å². The van der Waals surface area contributed by atoms with Gasteiger partial charge in [0.1, 0.15) is 12.4 Å². The van der Waals surface area contributed by atoms with Crippen LogP contribution in [0.4, 0.5) is 5.69 Å². The van der Waals surface area contributed by atoms with E-state index in [0.717, 1.165) is 25.8 Å². The summed E-state index contributed by atoms with van der Waals surface area (Å²) in [7, 11) is 3.96. The SMILES string of the molecule is CCCCCNC(=O)c1ccc(N)c(OCCN(C)C)c1. The number of nitrogen functional groups attached to an aromatic ring is 1. The molecule has 5 nitrogen and oxygen atoms in total. The predicted octanol–water partition coefficient (Wildman–Crippen LogP) is 2.13. The van der Waals surface area contributed by atoms with Crippen molar-refractivity contribution in [2.75, 3.05) is 39.5 Å². The second kappa shape index (κ2) is 9.23. The molecule has 0 spiro atoms. The number of rotatable bonds is 9. The summed E-state index contributed by atoms with van der Waals surface area (Å²) in [5.74, 6) is 0.488. The van der Waals surface area contributed by atoms with E-state index in [1.807, 2.05) is 19.0 Å². The number of anilines is 1. The number of carbonyl (C=O) groups is 1. The maximum atomic E-state index is 12.0. The minimum atomic E-state index is -0.0800. The molecule has 0 aliphatic heterocycles. The van der Waals surface area contributed by atoms with Crippen LogP contribution in [0.25, 0.3) is 0 Å². The first kappa shape index (κ1) is 17.3. The lowest BCUT2D eigenvalue weighted by molar-refractivity contribution is 0.0952. The molecule has 1 amide bonds. The Hall–Kier alpha value is -1.75. The molecule has 3 N–H and O–H groups in total. The second-order valence-corrected chi connectivity index (χ2v) is 5.37. The average molecular weight is 293 g/mol. The minimum absolute atomic E-state index is 0.0800. The molecule has 0 unspecified atom stereocenters. The van der Waals surface area contributed by atoms with E-state index in [-0.39, 0.29) is 5.91 Å². The highest BCUT2D eigenvalue weighted by Gasteiger charge is 2.09. The number of ether oxygens (including phenoxy) is 1. The van der Waals surface area contributed by atoms with E-state index >= 15 is 0 Å². The maximum Gasteiger partial charge on any atom is 0.251 e. The van der Waals surface area contributed by atoms with Crippen LogP contribution in [0, 0.1) is 0 Å². The molecule has 0 bridgehead atoms. The van der Waals surface area contributed by atoms with Crippen molar-refractivity contribution >= 4 is 11.6 Å². The summed E-state index contributed by atoms with van der Waals surface area (Å²) in [4.78, 5) is 14.1. The third kappa shape index (κ3) is 6.49. The zero-order valence-electron chi connectivity index (χ0n) is 13.3. The molecule has 118 valence electrons. The number of nitrogens with two attached hydrogens (primary N) is 1. The Morgan fingerprint density at radius 2 is 2.10 bits per heavy atom. The zero-order chi connectivity index (χ0) is 15.7. The number of likely N-dealkylation sites (N-methyl/N-ethyl adjacent to an activating group) is 1. The smallest absolute Gasteiger partial charge is 0.251 e. The van der Waals surface area contributed by atoms with Crippen molar-refractivity contribution in [3.63, 3.8) is 0 Å². The Morgan fingerprint density at radius 3 is 2.76 bits per heavy atom. The fraction of sp³-hybridized carbons (Fsp3) is 0.562. The maximum absolute atomic E-state index is 12.0. The Balaban J connectivity index is 2.56. The molecule has 1 rings (SSSR count). The van der Waals surface area contributed by atoms with Gasteiger partial charge in [0, 0.05) is 18.7 Å². The van der Waals surface area contributed by atoms with Gasteiger partial charge in [-0.2, -0.15) is 0 Å². The van der Waals surface area contributed by atoms with E-state index < -0.39 is 0 Å². The van der Waals surface area contributed by atoms with Gasteiger partial charge in [-0.05, 0) is 38.7 Å². The number of benzene rings is 1. The lowest BCUT2D eigenvalue weighted by Crippen LogP contribution is -2.24. The van der Waals surface area contributed by atoms with Crippen LogP contribution in [-0.2, 0) is 0 Å². The van der Waals surface area contributed by atoms with Crippen molar-refractivity contribution in [3.8, 4) is 5.75 Å². The second-order valence-electron chi connectivity index (χ2n) is 5.37. The van der Waals surface area contributed by atoms with E-state index in [2.05, 4.69) is 12.2 Å². The predicted molar refractivity (Wildman–Crippen MR) is 86.8 cm³/mol. The molecule has 0 heterocycles. The van der Waals surface area contributed by atoms with E-state index in [1.54, 1.807) is 18.2 Å². The van der Waals surface area contributed by atoms with E-state index in [0.29, 0.717) is 30.2 Å². The van der Waals surface area contributed by atoms with Crippen LogP contribution in [0.2, 0.25) is 0 Å². The van der Waals surface area contributed by atoms with Gasteiger partial charge in [0.15, 0.2) is 0 Å². The normalized spacial score (nSPS) is 10.7. The lowest BCUT2D eigenvalue weighted by Gasteiger charge is -2.13. The van der Waals surface area contributed by atoms with Crippen LogP contribution in [0.15, 0.2) is 18.2 Å². The highest BCUT2D eigenvalue weighted by molar-refractivity contribution is 5.95. The quantitative estimate of drug-likeness (QED) is 0.540. The Labute approximate surface area is 127 Å². The lowest BCUT2D eigenvalue weighted by atomic mass is 10.1. The topological polar surface area (TPSA) is 67.6 Å². The highest BCUT2D eigenvalue weighted by atomic mass is 16.5. The molecule has 0 aliphatic carbocycles. The van der Waals surface area contributed by atoms with Crippen LogP contribution < -0.4 is 15.8 Å². The first-order valence-corrected chi connectivity index (χ1v) is 7.49. The van der Waals surface area contributed by atoms with Crippen molar-refractivity contribution in [2.24, 2.45) is 0 Å². The molecule has 1 aromatic rings.